The van der Waals surface area contributed by atoms with Gasteiger partial charge in [0.2, 0.25) is 0 Å². The second-order valence-electron chi connectivity index (χ2n) is 8.99. The number of ether oxygens (including phenoxy) is 1. The first-order chi connectivity index (χ1) is 14.2. The van der Waals surface area contributed by atoms with Crippen LogP contribution >= 0.6 is 0 Å². The van der Waals surface area contributed by atoms with E-state index < -0.39 is 34.8 Å². The predicted octanol–water partition coefficient (Wildman–Crippen LogP) is 3.88. The Kier molecular flexibility index (Phi) is 7.19. The summed E-state index contributed by atoms with van der Waals surface area (Å²) >= 11 is 0. The van der Waals surface area contributed by atoms with Gasteiger partial charge in [-0.25, -0.2) is 0 Å². The Morgan fingerprint density at radius 3 is 1.29 bits per heavy atom. The molecule has 0 heterocycles. The Morgan fingerprint density at radius 2 is 1.03 bits per heavy atom. The molecule has 0 fully saturated rings. The molecular formula is C25H30O6. The lowest BCUT2D eigenvalue weighted by Crippen LogP contribution is -2.31. The second kappa shape index (κ2) is 9.12. The van der Waals surface area contributed by atoms with Gasteiger partial charge in [0.25, 0.3) is 0 Å². The standard InChI is InChI=1S/C25H30O6/c1-15(2)23(28)31-20(16-7-11-18(12-8-16)21(26)24(3,4)29)17-9-13-19(14-10-17)22(27)25(5,6)30/h7-15,20,29-30H,1-6H3. The number of carbonyl (C=O) groups excluding carboxylic acids is 3. The van der Waals surface area contributed by atoms with Gasteiger partial charge < -0.3 is 14.9 Å². The molecule has 0 aliphatic rings. The molecule has 0 radical (unpaired) electrons. The first kappa shape index (κ1) is 24.4. The third kappa shape index (κ3) is 6.09. The van der Waals surface area contributed by atoms with Crippen molar-refractivity contribution in [3.63, 3.8) is 0 Å². The zero-order valence-electron chi connectivity index (χ0n) is 18.8. The summed E-state index contributed by atoms with van der Waals surface area (Å²) in [5.74, 6) is -1.55. The largest absolute Gasteiger partial charge is 0.452 e. The van der Waals surface area contributed by atoms with Gasteiger partial charge in [-0.2, -0.15) is 0 Å². The van der Waals surface area contributed by atoms with Gasteiger partial charge in [0.1, 0.15) is 11.2 Å². The van der Waals surface area contributed by atoms with Gasteiger partial charge in [0.15, 0.2) is 17.7 Å². The summed E-state index contributed by atoms with van der Waals surface area (Å²) in [4.78, 5) is 36.9. The summed E-state index contributed by atoms with van der Waals surface area (Å²) in [6.45, 7) is 9.16. The molecule has 2 N–H and O–H groups in total. The average molecular weight is 427 g/mol. The van der Waals surface area contributed by atoms with Crippen molar-refractivity contribution in [2.75, 3.05) is 0 Å². The Hall–Kier alpha value is -2.83. The molecule has 0 saturated carbocycles. The molecule has 6 nitrogen and oxygen atoms in total. The zero-order valence-corrected chi connectivity index (χ0v) is 18.8. The normalized spacial score (nSPS) is 12.2. The lowest BCUT2D eigenvalue weighted by Gasteiger charge is -2.22. The van der Waals surface area contributed by atoms with Crippen LogP contribution in [0.4, 0.5) is 0 Å². The number of aliphatic hydroxyl groups is 2. The van der Waals surface area contributed by atoms with E-state index in [2.05, 4.69) is 0 Å². The molecule has 0 aromatic heterocycles. The van der Waals surface area contributed by atoms with Gasteiger partial charge in [0.05, 0.1) is 5.92 Å². The van der Waals surface area contributed by atoms with Crippen molar-refractivity contribution in [3.05, 3.63) is 70.8 Å². The fourth-order valence-electron chi connectivity index (χ4n) is 2.91. The van der Waals surface area contributed by atoms with Crippen molar-refractivity contribution in [2.24, 2.45) is 5.92 Å². The minimum Gasteiger partial charge on any atom is -0.452 e. The minimum absolute atomic E-state index is 0.338. The number of benzene rings is 2. The molecule has 0 aliphatic heterocycles. The highest BCUT2D eigenvalue weighted by molar-refractivity contribution is 6.02. The molecule has 0 saturated heterocycles. The molecule has 0 amide bonds. The smallest absolute Gasteiger partial charge is 0.309 e. The van der Waals surface area contributed by atoms with Crippen molar-refractivity contribution in [1.29, 1.82) is 0 Å². The fourth-order valence-corrected chi connectivity index (χ4v) is 2.91. The van der Waals surface area contributed by atoms with E-state index in [0.717, 1.165) is 0 Å². The number of esters is 1. The van der Waals surface area contributed by atoms with Crippen LogP contribution in [0, 0.1) is 5.92 Å². The van der Waals surface area contributed by atoms with Gasteiger partial charge in [-0.1, -0.05) is 62.4 Å². The molecule has 2 rings (SSSR count). The van der Waals surface area contributed by atoms with Crippen LogP contribution in [-0.2, 0) is 9.53 Å². The maximum atomic E-state index is 12.3. The van der Waals surface area contributed by atoms with Gasteiger partial charge in [-0.05, 0) is 38.8 Å². The van der Waals surface area contributed by atoms with Crippen molar-refractivity contribution in [1.82, 2.24) is 0 Å². The molecular weight excluding hydrogens is 396 g/mol. The topological polar surface area (TPSA) is 101 Å². The molecule has 6 heteroatoms. The number of rotatable bonds is 8. The molecule has 0 spiro atoms. The summed E-state index contributed by atoms with van der Waals surface area (Å²) in [5, 5.41) is 19.9. The van der Waals surface area contributed by atoms with E-state index in [1.54, 1.807) is 62.4 Å². The molecule has 2 aromatic carbocycles. The molecule has 0 aliphatic carbocycles. The third-order valence-corrected chi connectivity index (χ3v) is 4.77. The molecule has 2 aromatic rings. The van der Waals surface area contributed by atoms with Gasteiger partial charge in [0, 0.05) is 11.1 Å². The zero-order chi connectivity index (χ0) is 23.6. The maximum absolute atomic E-state index is 12.3. The molecule has 31 heavy (non-hydrogen) atoms. The van der Waals surface area contributed by atoms with Crippen LogP contribution in [-0.4, -0.2) is 39.0 Å². The van der Waals surface area contributed by atoms with E-state index in [1.165, 1.54) is 27.7 Å². The van der Waals surface area contributed by atoms with Gasteiger partial charge in [-0.15, -0.1) is 0 Å². The summed E-state index contributed by atoms with van der Waals surface area (Å²) in [7, 11) is 0. The Labute approximate surface area is 182 Å². The number of hydrogen-bond donors (Lipinski definition) is 2. The van der Waals surface area contributed by atoms with E-state index in [1.807, 2.05) is 0 Å². The van der Waals surface area contributed by atoms with Crippen LogP contribution in [0.5, 0.6) is 0 Å². The molecule has 0 atom stereocenters. The lowest BCUT2D eigenvalue weighted by molar-refractivity contribution is -0.151. The number of hydrogen-bond acceptors (Lipinski definition) is 6. The highest BCUT2D eigenvalue weighted by Crippen LogP contribution is 2.29. The molecule has 0 bridgehead atoms. The quantitative estimate of drug-likeness (QED) is 0.491. The van der Waals surface area contributed by atoms with Crippen LogP contribution in [0.1, 0.15) is 79.5 Å². The monoisotopic (exact) mass is 426 g/mol. The van der Waals surface area contributed by atoms with Crippen molar-refractivity contribution in [2.45, 2.75) is 58.8 Å². The summed E-state index contributed by atoms with van der Waals surface area (Å²) in [6, 6.07) is 13.0. The van der Waals surface area contributed by atoms with Crippen molar-refractivity contribution in [3.8, 4) is 0 Å². The van der Waals surface area contributed by atoms with Crippen LogP contribution in [0.25, 0.3) is 0 Å². The van der Waals surface area contributed by atoms with Gasteiger partial charge >= 0.3 is 5.97 Å². The van der Waals surface area contributed by atoms with E-state index >= 15 is 0 Å². The van der Waals surface area contributed by atoms with E-state index in [-0.39, 0.29) is 5.92 Å². The molecule has 166 valence electrons. The van der Waals surface area contributed by atoms with Crippen LogP contribution in [0.15, 0.2) is 48.5 Å². The summed E-state index contributed by atoms with van der Waals surface area (Å²) in [6.07, 6.45) is -0.743. The maximum Gasteiger partial charge on any atom is 0.309 e. The van der Waals surface area contributed by atoms with E-state index in [0.29, 0.717) is 22.3 Å². The fraction of sp³-hybridized carbons (Fsp3) is 0.400. The first-order valence-corrected chi connectivity index (χ1v) is 10.2. The SMILES string of the molecule is CC(C)C(=O)OC(c1ccc(C(=O)C(C)(C)O)cc1)c1ccc(C(=O)C(C)(C)O)cc1. The third-order valence-electron chi connectivity index (χ3n) is 4.77. The number of carbonyl (C=O) groups is 3. The number of Topliss-reactive ketones (excluding diaryl/α,β-unsaturated/α-hetero) is 2. The summed E-state index contributed by atoms with van der Waals surface area (Å²) < 4.78 is 5.71. The van der Waals surface area contributed by atoms with Gasteiger partial charge in [-0.3, -0.25) is 14.4 Å². The minimum atomic E-state index is -1.49. The van der Waals surface area contributed by atoms with Crippen molar-refractivity contribution >= 4 is 17.5 Å². The average Bonchev–Trinajstić information content (AvgIpc) is 2.69. The number of ketones is 2. The Morgan fingerprint density at radius 1 is 0.710 bits per heavy atom. The highest BCUT2D eigenvalue weighted by atomic mass is 16.5. The Balaban J connectivity index is 2.41. The van der Waals surface area contributed by atoms with Crippen molar-refractivity contribution < 1.29 is 29.3 Å². The second-order valence-corrected chi connectivity index (χ2v) is 8.99. The van der Waals surface area contributed by atoms with E-state index in [9.17, 15) is 24.6 Å². The van der Waals surface area contributed by atoms with E-state index in [4.69, 9.17) is 4.74 Å². The van der Waals surface area contributed by atoms with Crippen LogP contribution in [0.2, 0.25) is 0 Å². The lowest BCUT2D eigenvalue weighted by atomic mass is 9.92. The Bertz CT molecular complexity index is 872. The highest BCUT2D eigenvalue weighted by Gasteiger charge is 2.28. The first-order valence-electron chi connectivity index (χ1n) is 10.2. The summed E-state index contributed by atoms with van der Waals surface area (Å²) in [5.41, 5.74) is -1.01. The molecule has 0 unspecified atom stereocenters. The van der Waals surface area contributed by atoms with Crippen LogP contribution in [0.3, 0.4) is 0 Å². The predicted molar refractivity (Wildman–Crippen MR) is 117 cm³/mol. The van der Waals surface area contributed by atoms with Crippen LogP contribution < -0.4 is 0 Å².